The molecule has 8 nitrogen and oxygen atoms in total. The maximum atomic E-state index is 13.2. The highest BCUT2D eigenvalue weighted by atomic mass is 16.5. The van der Waals surface area contributed by atoms with E-state index in [2.05, 4.69) is 15.6 Å². The molecule has 188 valence electrons. The van der Waals surface area contributed by atoms with Crippen molar-refractivity contribution in [3.05, 3.63) is 102 Å². The Morgan fingerprint density at radius 1 is 1.00 bits per heavy atom. The number of urea groups is 1. The van der Waals surface area contributed by atoms with Gasteiger partial charge in [-0.1, -0.05) is 60.7 Å². The van der Waals surface area contributed by atoms with Crippen LogP contribution in [0.5, 0.6) is 5.75 Å². The highest BCUT2D eigenvalue weighted by Crippen LogP contribution is 2.32. The molecule has 3 aromatic carbocycles. The summed E-state index contributed by atoms with van der Waals surface area (Å²) in [6.07, 6.45) is 1.95. The number of nitrogens with one attached hydrogen (secondary N) is 3. The summed E-state index contributed by atoms with van der Waals surface area (Å²) in [4.78, 5) is 43.1. The number of hydrogen-bond donors (Lipinski definition) is 3. The zero-order chi connectivity index (χ0) is 26.0. The number of hydrogen-bond acceptors (Lipinski definition) is 4. The molecule has 1 aromatic heterocycles. The number of benzene rings is 3. The molecule has 1 aliphatic rings. The summed E-state index contributed by atoms with van der Waals surface area (Å²) in [5, 5.41) is 6.74. The third kappa shape index (κ3) is 4.53. The molecule has 0 spiro atoms. The summed E-state index contributed by atoms with van der Waals surface area (Å²) in [6, 6.07) is 24.1. The first-order valence-electron chi connectivity index (χ1n) is 12.1. The minimum Gasteiger partial charge on any atom is -0.497 e. The molecule has 4 aromatic rings. The molecule has 0 aliphatic carbocycles. The van der Waals surface area contributed by atoms with Crippen molar-refractivity contribution in [2.24, 2.45) is 0 Å². The molecule has 2 heterocycles. The minimum absolute atomic E-state index is 0.163. The average molecular weight is 497 g/mol. The van der Waals surface area contributed by atoms with Crippen LogP contribution in [0.4, 0.5) is 4.79 Å². The van der Waals surface area contributed by atoms with Gasteiger partial charge in [-0.25, -0.2) is 4.79 Å². The SMILES string of the molecule is COc1ccc([C@H](CNC(=O)CN2C(=O)N[C@@](C)(c3ccccc3)C2=O)c2c[nH]c3ccccc23)cc1. The lowest BCUT2D eigenvalue weighted by Crippen LogP contribution is -2.43. The van der Waals surface area contributed by atoms with Gasteiger partial charge in [-0.2, -0.15) is 0 Å². The third-order valence-corrected chi connectivity index (χ3v) is 6.95. The van der Waals surface area contributed by atoms with Gasteiger partial charge >= 0.3 is 6.03 Å². The number of nitrogens with zero attached hydrogens (tertiary/aromatic N) is 1. The standard InChI is InChI=1S/C29H28N4O4/c1-29(20-8-4-3-5-9-20)27(35)33(28(36)32-29)18-26(34)31-16-23(19-12-14-21(37-2)15-13-19)24-17-30-25-11-7-6-10-22(24)25/h3-15,17,23,30H,16,18H2,1-2H3,(H,31,34)(H,32,36)/t23-,29-/m0/s1. The molecular weight excluding hydrogens is 468 g/mol. The number of fused-ring (bicyclic) bond motifs is 1. The first-order chi connectivity index (χ1) is 17.9. The number of amides is 4. The molecule has 4 amide bonds. The topological polar surface area (TPSA) is 104 Å². The van der Waals surface area contributed by atoms with Crippen LogP contribution < -0.4 is 15.4 Å². The lowest BCUT2D eigenvalue weighted by molar-refractivity contribution is -0.134. The number of aromatic nitrogens is 1. The van der Waals surface area contributed by atoms with E-state index in [1.165, 1.54) is 0 Å². The van der Waals surface area contributed by atoms with E-state index in [1.54, 1.807) is 38.3 Å². The third-order valence-electron chi connectivity index (χ3n) is 6.95. The smallest absolute Gasteiger partial charge is 0.325 e. The van der Waals surface area contributed by atoms with E-state index < -0.39 is 23.4 Å². The first-order valence-corrected chi connectivity index (χ1v) is 12.1. The van der Waals surface area contributed by atoms with E-state index in [1.807, 2.05) is 60.8 Å². The van der Waals surface area contributed by atoms with Gasteiger partial charge in [0.25, 0.3) is 5.91 Å². The molecule has 0 radical (unpaired) electrons. The Morgan fingerprint density at radius 2 is 1.70 bits per heavy atom. The van der Waals surface area contributed by atoms with Crippen molar-refractivity contribution in [2.45, 2.75) is 18.4 Å². The summed E-state index contributed by atoms with van der Waals surface area (Å²) in [7, 11) is 1.62. The molecule has 2 atom stereocenters. The molecule has 1 fully saturated rings. The van der Waals surface area contributed by atoms with E-state index in [0.717, 1.165) is 32.7 Å². The van der Waals surface area contributed by atoms with Gasteiger partial charge in [0.05, 0.1) is 7.11 Å². The first kappa shape index (κ1) is 24.1. The van der Waals surface area contributed by atoms with Crippen LogP contribution in [0.25, 0.3) is 10.9 Å². The van der Waals surface area contributed by atoms with E-state index in [0.29, 0.717) is 5.56 Å². The van der Waals surface area contributed by atoms with Crippen LogP contribution >= 0.6 is 0 Å². The molecule has 0 unspecified atom stereocenters. The van der Waals surface area contributed by atoms with Gasteiger partial charge < -0.3 is 20.4 Å². The fraction of sp³-hybridized carbons (Fsp3) is 0.207. The number of imide groups is 1. The van der Waals surface area contributed by atoms with Crippen LogP contribution in [0.1, 0.15) is 29.5 Å². The molecule has 5 rings (SSSR count). The summed E-state index contributed by atoms with van der Waals surface area (Å²) >= 11 is 0. The van der Waals surface area contributed by atoms with Crippen LogP contribution in [0.15, 0.2) is 85.1 Å². The zero-order valence-corrected chi connectivity index (χ0v) is 20.7. The van der Waals surface area contributed by atoms with Crippen molar-refractivity contribution in [2.75, 3.05) is 20.2 Å². The van der Waals surface area contributed by atoms with Crippen molar-refractivity contribution >= 4 is 28.7 Å². The summed E-state index contributed by atoms with van der Waals surface area (Å²) in [6.45, 7) is 1.57. The molecule has 3 N–H and O–H groups in total. The molecule has 0 saturated carbocycles. The Labute approximate surface area is 214 Å². The van der Waals surface area contributed by atoms with Crippen LogP contribution in [0.3, 0.4) is 0 Å². The lowest BCUT2D eigenvalue weighted by Gasteiger charge is -2.22. The summed E-state index contributed by atoms with van der Waals surface area (Å²) in [5.41, 5.74) is 2.48. The molecule has 0 bridgehead atoms. The number of rotatable bonds is 8. The number of carbonyl (C=O) groups is 3. The monoisotopic (exact) mass is 496 g/mol. The van der Waals surface area contributed by atoms with Crippen molar-refractivity contribution in [1.82, 2.24) is 20.5 Å². The highest BCUT2D eigenvalue weighted by Gasteiger charge is 2.49. The van der Waals surface area contributed by atoms with Crippen LogP contribution in [-0.4, -0.2) is 47.9 Å². The molecule has 1 saturated heterocycles. The number of methoxy groups -OCH3 is 1. The van der Waals surface area contributed by atoms with Crippen molar-refractivity contribution in [1.29, 1.82) is 0 Å². The number of ether oxygens (including phenoxy) is 1. The van der Waals surface area contributed by atoms with Gasteiger partial charge in [-0.05, 0) is 41.8 Å². The Bertz CT molecular complexity index is 1450. The Morgan fingerprint density at radius 3 is 2.43 bits per heavy atom. The number of carbonyl (C=O) groups excluding carboxylic acids is 3. The summed E-state index contributed by atoms with van der Waals surface area (Å²) < 4.78 is 5.30. The van der Waals surface area contributed by atoms with E-state index in [9.17, 15) is 14.4 Å². The van der Waals surface area contributed by atoms with Gasteiger partial charge in [0, 0.05) is 29.6 Å². The molecule has 1 aliphatic heterocycles. The zero-order valence-electron chi connectivity index (χ0n) is 20.7. The second kappa shape index (κ2) is 9.81. The minimum atomic E-state index is -1.21. The van der Waals surface area contributed by atoms with Gasteiger partial charge in [-0.3, -0.25) is 14.5 Å². The quantitative estimate of drug-likeness (QED) is 0.322. The maximum Gasteiger partial charge on any atom is 0.325 e. The Kier molecular flexibility index (Phi) is 6.40. The van der Waals surface area contributed by atoms with Crippen molar-refractivity contribution in [3.63, 3.8) is 0 Å². The van der Waals surface area contributed by atoms with Crippen molar-refractivity contribution in [3.8, 4) is 5.75 Å². The molecule has 37 heavy (non-hydrogen) atoms. The van der Waals surface area contributed by atoms with Gasteiger partial charge in [0.2, 0.25) is 5.91 Å². The molecular formula is C29H28N4O4. The van der Waals surface area contributed by atoms with E-state index in [-0.39, 0.29) is 19.0 Å². The van der Waals surface area contributed by atoms with Gasteiger partial charge in [0.15, 0.2) is 0 Å². The van der Waals surface area contributed by atoms with Crippen LogP contribution in [0.2, 0.25) is 0 Å². The van der Waals surface area contributed by atoms with Crippen LogP contribution in [0, 0.1) is 0 Å². The van der Waals surface area contributed by atoms with Crippen LogP contribution in [-0.2, 0) is 15.1 Å². The predicted molar refractivity (Wildman–Crippen MR) is 140 cm³/mol. The number of H-pyrrole nitrogens is 1. The maximum absolute atomic E-state index is 13.2. The van der Waals surface area contributed by atoms with E-state index >= 15 is 0 Å². The van der Waals surface area contributed by atoms with E-state index in [4.69, 9.17) is 4.74 Å². The highest BCUT2D eigenvalue weighted by molar-refractivity contribution is 6.09. The second-order valence-corrected chi connectivity index (χ2v) is 9.23. The van der Waals surface area contributed by atoms with Crippen molar-refractivity contribution < 1.29 is 19.1 Å². The van der Waals surface area contributed by atoms with Gasteiger partial charge in [-0.15, -0.1) is 0 Å². The average Bonchev–Trinajstić information content (AvgIpc) is 3.44. The second-order valence-electron chi connectivity index (χ2n) is 9.23. The largest absolute Gasteiger partial charge is 0.497 e. The number of aromatic amines is 1. The lowest BCUT2D eigenvalue weighted by atomic mass is 9.90. The fourth-order valence-corrected chi connectivity index (χ4v) is 4.85. The molecule has 8 heteroatoms. The Hall–Kier alpha value is -4.59. The number of para-hydroxylation sites is 1. The normalized spacial score (nSPS) is 18.1. The Balaban J connectivity index is 1.34. The fourth-order valence-electron chi connectivity index (χ4n) is 4.85. The summed E-state index contributed by atoms with van der Waals surface area (Å²) in [5.74, 6) is -0.296. The van der Waals surface area contributed by atoms with Gasteiger partial charge in [0.1, 0.15) is 17.8 Å². The predicted octanol–water partition coefficient (Wildman–Crippen LogP) is 3.89.